The lowest BCUT2D eigenvalue weighted by Gasteiger charge is -2.32. The quantitative estimate of drug-likeness (QED) is 0.725. The van der Waals surface area contributed by atoms with E-state index in [9.17, 15) is 9.59 Å². The van der Waals surface area contributed by atoms with Gasteiger partial charge in [0, 0.05) is 32.5 Å². The van der Waals surface area contributed by atoms with Crippen molar-refractivity contribution >= 4 is 11.8 Å². The highest BCUT2D eigenvalue weighted by Crippen LogP contribution is 2.26. The molecule has 0 aliphatic carbocycles. The number of hydrogen-bond donors (Lipinski definition) is 0. The standard InChI is InChI=1S/C20H30N2O3/c1-4-18(16-9-11-17(25-3)12-10-16)22(5-2)20(24)13-15-21-14-7-6-8-19(21)23/h9-12,18H,4-8,13-15H2,1-3H3/t18-/m1/s1. The lowest BCUT2D eigenvalue weighted by atomic mass is 10.0. The highest BCUT2D eigenvalue weighted by Gasteiger charge is 2.24. The van der Waals surface area contributed by atoms with E-state index in [1.165, 1.54) is 0 Å². The molecule has 0 bridgehead atoms. The van der Waals surface area contributed by atoms with Crippen LogP contribution in [-0.2, 0) is 9.59 Å². The van der Waals surface area contributed by atoms with Crippen LogP contribution in [0, 0.1) is 0 Å². The summed E-state index contributed by atoms with van der Waals surface area (Å²) in [5.74, 6) is 1.12. The Morgan fingerprint density at radius 2 is 1.96 bits per heavy atom. The molecule has 2 amide bonds. The SMILES string of the molecule is CC[C@H](c1ccc(OC)cc1)N(CC)C(=O)CCN1CCCCC1=O. The summed E-state index contributed by atoms with van der Waals surface area (Å²) >= 11 is 0. The smallest absolute Gasteiger partial charge is 0.224 e. The Morgan fingerprint density at radius 1 is 1.24 bits per heavy atom. The van der Waals surface area contributed by atoms with Crippen LogP contribution in [0.3, 0.4) is 0 Å². The second kappa shape index (κ2) is 9.44. The summed E-state index contributed by atoms with van der Waals surface area (Å²) in [6.07, 6.45) is 3.89. The van der Waals surface area contributed by atoms with Crippen molar-refractivity contribution in [2.45, 2.75) is 52.0 Å². The van der Waals surface area contributed by atoms with Crippen LogP contribution >= 0.6 is 0 Å². The van der Waals surface area contributed by atoms with E-state index in [0.717, 1.165) is 37.1 Å². The summed E-state index contributed by atoms with van der Waals surface area (Å²) in [7, 11) is 1.65. The number of amides is 2. The number of benzene rings is 1. The third-order valence-corrected chi connectivity index (χ3v) is 4.94. The molecule has 138 valence electrons. The minimum atomic E-state index is 0.0560. The lowest BCUT2D eigenvalue weighted by molar-refractivity contribution is -0.136. The maximum Gasteiger partial charge on any atom is 0.224 e. The van der Waals surface area contributed by atoms with Crippen LogP contribution in [0.15, 0.2) is 24.3 Å². The third-order valence-electron chi connectivity index (χ3n) is 4.94. The van der Waals surface area contributed by atoms with Crippen LogP contribution in [-0.4, -0.2) is 48.4 Å². The van der Waals surface area contributed by atoms with Crippen LogP contribution in [0.25, 0.3) is 0 Å². The van der Waals surface area contributed by atoms with Crippen LogP contribution in [0.5, 0.6) is 5.75 Å². The zero-order valence-corrected chi connectivity index (χ0v) is 15.7. The monoisotopic (exact) mass is 346 g/mol. The van der Waals surface area contributed by atoms with Gasteiger partial charge in [-0.1, -0.05) is 19.1 Å². The van der Waals surface area contributed by atoms with Crippen molar-refractivity contribution in [1.82, 2.24) is 9.80 Å². The second-order valence-electron chi connectivity index (χ2n) is 6.46. The molecule has 0 unspecified atom stereocenters. The van der Waals surface area contributed by atoms with E-state index in [4.69, 9.17) is 4.74 Å². The Hall–Kier alpha value is -2.04. The molecule has 1 aromatic carbocycles. The molecule has 0 spiro atoms. The zero-order valence-electron chi connectivity index (χ0n) is 15.7. The fourth-order valence-corrected chi connectivity index (χ4v) is 3.51. The van der Waals surface area contributed by atoms with Gasteiger partial charge in [-0.3, -0.25) is 9.59 Å². The molecule has 1 aliphatic heterocycles. The Morgan fingerprint density at radius 3 is 2.52 bits per heavy atom. The summed E-state index contributed by atoms with van der Waals surface area (Å²) in [5.41, 5.74) is 1.12. The number of methoxy groups -OCH3 is 1. The molecule has 0 saturated carbocycles. The number of carbonyl (C=O) groups excluding carboxylic acids is 2. The topological polar surface area (TPSA) is 49.9 Å². The minimum absolute atomic E-state index is 0.0560. The first-order valence-electron chi connectivity index (χ1n) is 9.31. The van der Waals surface area contributed by atoms with Crippen molar-refractivity contribution in [3.05, 3.63) is 29.8 Å². The zero-order chi connectivity index (χ0) is 18.2. The summed E-state index contributed by atoms with van der Waals surface area (Å²) in [6, 6.07) is 7.97. The molecule has 2 rings (SSSR count). The molecule has 1 atom stereocenters. The van der Waals surface area contributed by atoms with E-state index in [0.29, 0.717) is 25.9 Å². The Labute approximate surface area is 150 Å². The van der Waals surface area contributed by atoms with E-state index in [1.54, 1.807) is 7.11 Å². The lowest BCUT2D eigenvalue weighted by Crippen LogP contribution is -2.40. The van der Waals surface area contributed by atoms with Gasteiger partial charge in [-0.2, -0.15) is 0 Å². The normalized spacial score (nSPS) is 15.8. The number of nitrogens with zero attached hydrogens (tertiary/aromatic N) is 2. The molecule has 5 heteroatoms. The van der Waals surface area contributed by atoms with Gasteiger partial charge in [-0.15, -0.1) is 0 Å². The van der Waals surface area contributed by atoms with Crippen molar-refractivity contribution in [3.8, 4) is 5.75 Å². The van der Waals surface area contributed by atoms with Gasteiger partial charge in [0.05, 0.1) is 13.2 Å². The summed E-state index contributed by atoms with van der Waals surface area (Å²) < 4.78 is 5.21. The second-order valence-corrected chi connectivity index (χ2v) is 6.46. The fourth-order valence-electron chi connectivity index (χ4n) is 3.51. The number of likely N-dealkylation sites (tertiary alicyclic amines) is 1. The molecule has 0 N–H and O–H groups in total. The molecule has 1 aromatic rings. The average Bonchev–Trinajstić information content (AvgIpc) is 2.65. The molecule has 0 aromatic heterocycles. The van der Waals surface area contributed by atoms with Gasteiger partial charge in [0.15, 0.2) is 0 Å². The summed E-state index contributed by atoms with van der Waals surface area (Å²) in [5, 5.41) is 0. The molecule has 0 radical (unpaired) electrons. The van der Waals surface area contributed by atoms with Gasteiger partial charge in [-0.25, -0.2) is 0 Å². The van der Waals surface area contributed by atoms with E-state index >= 15 is 0 Å². The van der Waals surface area contributed by atoms with Crippen molar-refractivity contribution in [2.75, 3.05) is 26.7 Å². The predicted octanol–water partition coefficient (Wildman–Crippen LogP) is 3.40. The van der Waals surface area contributed by atoms with E-state index in [1.807, 2.05) is 41.0 Å². The molecule has 5 nitrogen and oxygen atoms in total. The number of piperidine rings is 1. The number of carbonyl (C=O) groups is 2. The number of rotatable bonds is 8. The molecule has 1 fully saturated rings. The molecular weight excluding hydrogens is 316 g/mol. The summed E-state index contributed by atoms with van der Waals surface area (Å²) in [4.78, 5) is 28.5. The molecular formula is C20H30N2O3. The first kappa shape index (κ1) is 19.3. The molecule has 1 saturated heterocycles. The molecule has 1 aliphatic rings. The number of ether oxygens (including phenoxy) is 1. The van der Waals surface area contributed by atoms with Gasteiger partial charge in [0.1, 0.15) is 5.75 Å². The predicted molar refractivity (Wildman–Crippen MR) is 98.5 cm³/mol. The summed E-state index contributed by atoms with van der Waals surface area (Å²) in [6.45, 7) is 6.09. The third kappa shape index (κ3) is 4.97. The van der Waals surface area contributed by atoms with Gasteiger partial charge in [0.25, 0.3) is 0 Å². The van der Waals surface area contributed by atoms with Crippen molar-refractivity contribution in [2.24, 2.45) is 0 Å². The Bertz CT molecular complexity index is 571. The van der Waals surface area contributed by atoms with Crippen LogP contribution in [0.1, 0.15) is 57.6 Å². The van der Waals surface area contributed by atoms with E-state index in [2.05, 4.69) is 6.92 Å². The van der Waals surface area contributed by atoms with Gasteiger partial charge in [-0.05, 0) is 43.9 Å². The van der Waals surface area contributed by atoms with E-state index < -0.39 is 0 Å². The van der Waals surface area contributed by atoms with E-state index in [-0.39, 0.29) is 17.9 Å². The maximum absolute atomic E-state index is 12.8. The van der Waals surface area contributed by atoms with Gasteiger partial charge in [0.2, 0.25) is 11.8 Å². The maximum atomic E-state index is 12.8. The van der Waals surface area contributed by atoms with Gasteiger partial charge >= 0.3 is 0 Å². The fraction of sp³-hybridized carbons (Fsp3) is 0.600. The highest BCUT2D eigenvalue weighted by molar-refractivity contribution is 5.79. The first-order chi connectivity index (χ1) is 12.1. The van der Waals surface area contributed by atoms with Crippen LogP contribution in [0.4, 0.5) is 0 Å². The molecule has 1 heterocycles. The van der Waals surface area contributed by atoms with Gasteiger partial charge < -0.3 is 14.5 Å². The van der Waals surface area contributed by atoms with Crippen molar-refractivity contribution < 1.29 is 14.3 Å². The number of hydrogen-bond acceptors (Lipinski definition) is 3. The first-order valence-corrected chi connectivity index (χ1v) is 9.31. The molecule has 25 heavy (non-hydrogen) atoms. The largest absolute Gasteiger partial charge is 0.497 e. The van der Waals surface area contributed by atoms with Crippen molar-refractivity contribution in [1.29, 1.82) is 0 Å². The average molecular weight is 346 g/mol. The Balaban J connectivity index is 2.01. The van der Waals surface area contributed by atoms with Crippen LogP contribution in [0.2, 0.25) is 0 Å². The van der Waals surface area contributed by atoms with Crippen molar-refractivity contribution in [3.63, 3.8) is 0 Å². The Kier molecular flexibility index (Phi) is 7.29. The minimum Gasteiger partial charge on any atom is -0.497 e. The highest BCUT2D eigenvalue weighted by atomic mass is 16.5. The van der Waals surface area contributed by atoms with Crippen LogP contribution < -0.4 is 4.74 Å².